The molecular weight excluding hydrogens is 204 g/mol. The maximum Gasteiger partial charge on any atom is 0.222 e. The van der Waals surface area contributed by atoms with E-state index in [4.69, 9.17) is 5.11 Å². The summed E-state index contributed by atoms with van der Waals surface area (Å²) in [4.78, 5) is 16.4. The quantitative estimate of drug-likeness (QED) is 0.708. The molecule has 4 heteroatoms. The molecule has 2 aliphatic rings. The van der Waals surface area contributed by atoms with Crippen molar-refractivity contribution in [1.29, 1.82) is 0 Å². The minimum atomic E-state index is 0.198. The molecule has 0 saturated carbocycles. The molecule has 0 aliphatic carbocycles. The van der Waals surface area contributed by atoms with Crippen LogP contribution in [0.4, 0.5) is 0 Å². The van der Waals surface area contributed by atoms with Gasteiger partial charge in [-0.25, -0.2) is 0 Å². The summed E-state index contributed by atoms with van der Waals surface area (Å²) in [6.45, 7) is 4.30. The predicted molar refractivity (Wildman–Crippen MR) is 62.1 cm³/mol. The maximum absolute atomic E-state index is 11.9. The van der Waals surface area contributed by atoms with Gasteiger partial charge in [-0.2, -0.15) is 0 Å². The second-order valence-corrected chi connectivity index (χ2v) is 4.85. The van der Waals surface area contributed by atoms with Crippen molar-refractivity contribution in [3.8, 4) is 0 Å². The highest BCUT2D eigenvalue weighted by Gasteiger charge is 2.31. The van der Waals surface area contributed by atoms with Crippen molar-refractivity contribution in [2.45, 2.75) is 38.1 Å². The molecule has 2 fully saturated rings. The number of aliphatic hydroxyl groups is 1. The lowest BCUT2D eigenvalue weighted by atomic mass is 10.1. The third-order valence-corrected chi connectivity index (χ3v) is 3.74. The third kappa shape index (κ3) is 2.74. The molecular formula is C12H22N2O2. The number of carbonyl (C=O) groups excluding carboxylic acids is 1. The van der Waals surface area contributed by atoms with Crippen molar-refractivity contribution in [1.82, 2.24) is 9.80 Å². The number of hydrogen-bond acceptors (Lipinski definition) is 3. The van der Waals surface area contributed by atoms with Crippen LogP contribution in [0.25, 0.3) is 0 Å². The molecule has 2 heterocycles. The molecule has 0 bridgehead atoms. The molecule has 0 spiro atoms. The van der Waals surface area contributed by atoms with E-state index in [1.807, 2.05) is 4.90 Å². The lowest BCUT2D eigenvalue weighted by Crippen LogP contribution is -2.52. The summed E-state index contributed by atoms with van der Waals surface area (Å²) in [6.07, 6.45) is 4.71. The van der Waals surface area contributed by atoms with E-state index in [2.05, 4.69) is 4.90 Å². The van der Waals surface area contributed by atoms with Crippen LogP contribution in [0.3, 0.4) is 0 Å². The number of carbonyl (C=O) groups is 1. The van der Waals surface area contributed by atoms with Gasteiger partial charge in [0.05, 0.1) is 0 Å². The van der Waals surface area contributed by atoms with Crippen LogP contribution in [0, 0.1) is 0 Å². The Morgan fingerprint density at radius 1 is 1.25 bits per heavy atom. The molecule has 1 unspecified atom stereocenters. The van der Waals surface area contributed by atoms with E-state index < -0.39 is 0 Å². The Hall–Kier alpha value is -0.610. The zero-order valence-electron chi connectivity index (χ0n) is 9.90. The minimum Gasteiger partial charge on any atom is -0.396 e. The molecule has 0 aromatic carbocycles. The van der Waals surface area contributed by atoms with Gasteiger partial charge in [0.1, 0.15) is 0 Å². The first-order chi connectivity index (χ1) is 7.81. The summed E-state index contributed by atoms with van der Waals surface area (Å²) in [5.74, 6) is 0.278. The van der Waals surface area contributed by atoms with Gasteiger partial charge in [0.25, 0.3) is 0 Å². The standard InChI is InChI=1S/C12H22N2O2/c15-9-2-1-5-12(16)14-8-7-13-6-3-4-11(13)10-14/h11,15H,1-10H2. The fraction of sp³-hybridized carbons (Fsp3) is 0.917. The lowest BCUT2D eigenvalue weighted by Gasteiger charge is -2.37. The first kappa shape index (κ1) is 11.9. The van der Waals surface area contributed by atoms with Crippen LogP contribution in [0.5, 0.6) is 0 Å². The van der Waals surface area contributed by atoms with Crippen LogP contribution >= 0.6 is 0 Å². The van der Waals surface area contributed by atoms with Gasteiger partial charge in [-0.1, -0.05) is 0 Å². The zero-order valence-corrected chi connectivity index (χ0v) is 9.90. The smallest absolute Gasteiger partial charge is 0.222 e. The summed E-state index contributed by atoms with van der Waals surface area (Å²) in [5.41, 5.74) is 0. The topological polar surface area (TPSA) is 43.8 Å². The number of piperazine rings is 1. The predicted octanol–water partition coefficient (Wildman–Crippen LogP) is 0.456. The second kappa shape index (κ2) is 5.64. The lowest BCUT2D eigenvalue weighted by molar-refractivity contribution is -0.133. The summed E-state index contributed by atoms with van der Waals surface area (Å²) in [6, 6.07) is 0.621. The van der Waals surface area contributed by atoms with Crippen LogP contribution in [0.2, 0.25) is 0 Å². The Bertz CT molecular complexity index is 245. The molecule has 0 radical (unpaired) electrons. The highest BCUT2D eigenvalue weighted by molar-refractivity contribution is 5.76. The average Bonchev–Trinajstić information content (AvgIpc) is 2.76. The van der Waals surface area contributed by atoms with Gasteiger partial charge in [0, 0.05) is 38.7 Å². The Labute approximate surface area is 97.2 Å². The van der Waals surface area contributed by atoms with E-state index in [-0.39, 0.29) is 12.5 Å². The minimum absolute atomic E-state index is 0.198. The molecule has 2 saturated heterocycles. The van der Waals surface area contributed by atoms with Crippen molar-refractivity contribution in [3.63, 3.8) is 0 Å². The Balaban J connectivity index is 1.75. The molecule has 2 rings (SSSR count). The van der Waals surface area contributed by atoms with E-state index in [0.717, 1.165) is 32.5 Å². The van der Waals surface area contributed by atoms with E-state index in [1.54, 1.807) is 0 Å². The van der Waals surface area contributed by atoms with Gasteiger partial charge < -0.3 is 10.0 Å². The Morgan fingerprint density at radius 3 is 2.94 bits per heavy atom. The molecule has 92 valence electrons. The van der Waals surface area contributed by atoms with Gasteiger partial charge in [-0.05, 0) is 32.2 Å². The summed E-state index contributed by atoms with van der Waals surface area (Å²) >= 11 is 0. The highest BCUT2D eigenvalue weighted by Crippen LogP contribution is 2.21. The largest absolute Gasteiger partial charge is 0.396 e. The van der Waals surface area contributed by atoms with E-state index in [0.29, 0.717) is 12.5 Å². The first-order valence-corrected chi connectivity index (χ1v) is 6.44. The van der Waals surface area contributed by atoms with Crippen LogP contribution in [-0.4, -0.2) is 59.6 Å². The molecule has 2 aliphatic heterocycles. The molecule has 1 amide bonds. The van der Waals surface area contributed by atoms with Crippen LogP contribution < -0.4 is 0 Å². The van der Waals surface area contributed by atoms with Crippen molar-refractivity contribution in [2.24, 2.45) is 0 Å². The summed E-state index contributed by atoms with van der Waals surface area (Å²) < 4.78 is 0. The molecule has 4 nitrogen and oxygen atoms in total. The molecule has 0 aromatic heterocycles. The number of fused-ring (bicyclic) bond motifs is 1. The number of hydrogen-bond donors (Lipinski definition) is 1. The highest BCUT2D eigenvalue weighted by atomic mass is 16.3. The van der Waals surface area contributed by atoms with Crippen molar-refractivity contribution in [3.05, 3.63) is 0 Å². The summed E-state index contributed by atoms with van der Waals surface area (Å²) in [7, 11) is 0. The van der Waals surface area contributed by atoms with E-state index in [1.165, 1.54) is 19.4 Å². The normalized spacial score (nSPS) is 25.8. The molecule has 0 aromatic rings. The average molecular weight is 226 g/mol. The zero-order chi connectivity index (χ0) is 11.4. The van der Waals surface area contributed by atoms with Crippen molar-refractivity contribution in [2.75, 3.05) is 32.8 Å². The number of rotatable bonds is 4. The number of aliphatic hydroxyl groups excluding tert-OH is 1. The first-order valence-electron chi connectivity index (χ1n) is 6.44. The Kier molecular flexibility index (Phi) is 4.18. The Morgan fingerprint density at radius 2 is 2.12 bits per heavy atom. The molecule has 1 N–H and O–H groups in total. The number of amides is 1. The second-order valence-electron chi connectivity index (χ2n) is 4.85. The monoisotopic (exact) mass is 226 g/mol. The van der Waals surface area contributed by atoms with Gasteiger partial charge in [0.15, 0.2) is 0 Å². The molecule has 16 heavy (non-hydrogen) atoms. The molecule has 1 atom stereocenters. The SMILES string of the molecule is O=C(CCCCO)N1CCN2CCCC2C1. The van der Waals surface area contributed by atoms with Crippen LogP contribution in [-0.2, 0) is 4.79 Å². The van der Waals surface area contributed by atoms with Gasteiger partial charge in [0.2, 0.25) is 5.91 Å². The number of nitrogens with zero attached hydrogens (tertiary/aromatic N) is 2. The van der Waals surface area contributed by atoms with Crippen LogP contribution in [0.1, 0.15) is 32.1 Å². The van der Waals surface area contributed by atoms with Gasteiger partial charge >= 0.3 is 0 Å². The van der Waals surface area contributed by atoms with Crippen LogP contribution in [0.15, 0.2) is 0 Å². The number of unbranched alkanes of at least 4 members (excludes halogenated alkanes) is 1. The van der Waals surface area contributed by atoms with E-state index >= 15 is 0 Å². The van der Waals surface area contributed by atoms with E-state index in [9.17, 15) is 4.79 Å². The van der Waals surface area contributed by atoms with Crippen molar-refractivity contribution >= 4 is 5.91 Å². The summed E-state index contributed by atoms with van der Waals surface area (Å²) in [5, 5.41) is 8.68. The van der Waals surface area contributed by atoms with Crippen molar-refractivity contribution < 1.29 is 9.90 Å². The van der Waals surface area contributed by atoms with Gasteiger partial charge in [-0.15, -0.1) is 0 Å². The maximum atomic E-state index is 11.9. The van der Waals surface area contributed by atoms with Gasteiger partial charge in [-0.3, -0.25) is 9.69 Å². The fourth-order valence-corrected chi connectivity index (χ4v) is 2.76. The fourth-order valence-electron chi connectivity index (χ4n) is 2.76. The third-order valence-electron chi connectivity index (χ3n) is 3.74.